The molecule has 2 heteroatoms. The number of benzene rings is 1. The summed E-state index contributed by atoms with van der Waals surface area (Å²) in [5, 5.41) is 3.39. The van der Waals surface area contributed by atoms with Gasteiger partial charge in [0, 0.05) is 12.2 Å². The topological polar surface area (TPSA) is 38.0 Å². The van der Waals surface area contributed by atoms with Gasteiger partial charge in [-0.1, -0.05) is 19.1 Å². The molecule has 0 saturated heterocycles. The largest absolute Gasteiger partial charge is 0.384 e. The van der Waals surface area contributed by atoms with Gasteiger partial charge in [-0.25, -0.2) is 0 Å². The first-order valence-electron chi connectivity index (χ1n) is 5.85. The van der Waals surface area contributed by atoms with Crippen LogP contribution in [0.4, 0.5) is 5.69 Å². The van der Waals surface area contributed by atoms with Crippen LogP contribution in [0.15, 0.2) is 18.2 Å². The van der Waals surface area contributed by atoms with Crippen molar-refractivity contribution >= 4 is 5.69 Å². The second-order valence-corrected chi connectivity index (χ2v) is 4.55. The fourth-order valence-corrected chi connectivity index (χ4v) is 2.27. The Morgan fingerprint density at radius 1 is 1.47 bits per heavy atom. The van der Waals surface area contributed by atoms with Gasteiger partial charge in [-0.15, -0.1) is 0 Å². The molecule has 3 N–H and O–H groups in total. The van der Waals surface area contributed by atoms with Gasteiger partial charge < -0.3 is 11.1 Å². The average Bonchev–Trinajstić information content (AvgIpc) is 2.65. The van der Waals surface area contributed by atoms with E-state index < -0.39 is 0 Å². The Morgan fingerprint density at radius 3 is 3.13 bits per heavy atom. The van der Waals surface area contributed by atoms with Crippen LogP contribution in [0.1, 0.15) is 24.5 Å². The number of hydrogen-bond acceptors (Lipinski definition) is 2. The zero-order valence-electron chi connectivity index (χ0n) is 9.42. The predicted molar refractivity (Wildman–Crippen MR) is 65.2 cm³/mol. The summed E-state index contributed by atoms with van der Waals surface area (Å²) in [7, 11) is 0. The van der Waals surface area contributed by atoms with Gasteiger partial charge >= 0.3 is 0 Å². The lowest BCUT2D eigenvalue weighted by Gasteiger charge is -2.11. The standard InChI is InChI=1S/C13H20N2/c1-10(4-6-14)8-11-2-3-13-12(9-11)5-7-15-13/h2-3,9-10,15H,4-8,14H2,1H3. The second-order valence-electron chi connectivity index (χ2n) is 4.55. The Kier molecular flexibility index (Phi) is 3.27. The molecular weight excluding hydrogens is 184 g/mol. The zero-order chi connectivity index (χ0) is 10.7. The van der Waals surface area contributed by atoms with Crippen LogP contribution in [-0.2, 0) is 12.8 Å². The quantitative estimate of drug-likeness (QED) is 0.789. The van der Waals surface area contributed by atoms with Crippen LogP contribution < -0.4 is 11.1 Å². The van der Waals surface area contributed by atoms with Crippen LogP contribution in [0.2, 0.25) is 0 Å². The molecular formula is C13H20N2. The first-order valence-corrected chi connectivity index (χ1v) is 5.85. The smallest absolute Gasteiger partial charge is 0.0373 e. The van der Waals surface area contributed by atoms with Crippen LogP contribution >= 0.6 is 0 Å². The summed E-state index contributed by atoms with van der Waals surface area (Å²) in [6.07, 6.45) is 3.45. The van der Waals surface area contributed by atoms with E-state index in [4.69, 9.17) is 5.73 Å². The van der Waals surface area contributed by atoms with E-state index in [9.17, 15) is 0 Å². The summed E-state index contributed by atoms with van der Waals surface area (Å²) in [6.45, 7) is 4.17. The second kappa shape index (κ2) is 4.67. The summed E-state index contributed by atoms with van der Waals surface area (Å²) >= 11 is 0. The lowest BCUT2D eigenvalue weighted by atomic mass is 9.96. The van der Waals surface area contributed by atoms with Gasteiger partial charge in [0.25, 0.3) is 0 Å². The SMILES string of the molecule is CC(CCN)Cc1ccc2c(c1)CCN2. The number of anilines is 1. The van der Waals surface area contributed by atoms with E-state index in [-0.39, 0.29) is 0 Å². The van der Waals surface area contributed by atoms with Gasteiger partial charge in [0.1, 0.15) is 0 Å². The molecule has 0 aromatic heterocycles. The summed E-state index contributed by atoms with van der Waals surface area (Å²) in [5.74, 6) is 0.697. The Bertz CT molecular complexity index is 333. The van der Waals surface area contributed by atoms with E-state index in [1.54, 1.807) is 0 Å². The van der Waals surface area contributed by atoms with Gasteiger partial charge in [-0.3, -0.25) is 0 Å². The third kappa shape index (κ3) is 2.51. The van der Waals surface area contributed by atoms with Crippen molar-refractivity contribution in [1.82, 2.24) is 0 Å². The molecule has 0 radical (unpaired) electrons. The molecule has 1 unspecified atom stereocenters. The van der Waals surface area contributed by atoms with Crippen LogP contribution in [0, 0.1) is 5.92 Å². The molecule has 0 amide bonds. The minimum absolute atomic E-state index is 0.697. The molecule has 1 atom stereocenters. The minimum atomic E-state index is 0.697. The molecule has 2 nitrogen and oxygen atoms in total. The van der Waals surface area contributed by atoms with E-state index >= 15 is 0 Å². The Balaban J connectivity index is 2.03. The highest BCUT2D eigenvalue weighted by atomic mass is 14.9. The van der Waals surface area contributed by atoms with E-state index in [2.05, 4.69) is 30.4 Å². The first kappa shape index (κ1) is 10.5. The van der Waals surface area contributed by atoms with Crippen LogP contribution in [-0.4, -0.2) is 13.1 Å². The van der Waals surface area contributed by atoms with E-state index in [1.165, 1.54) is 23.2 Å². The van der Waals surface area contributed by atoms with Crippen molar-refractivity contribution in [2.45, 2.75) is 26.2 Å². The van der Waals surface area contributed by atoms with Gasteiger partial charge in [-0.05, 0) is 48.9 Å². The van der Waals surface area contributed by atoms with Crippen LogP contribution in [0.25, 0.3) is 0 Å². The molecule has 0 bridgehead atoms. The van der Waals surface area contributed by atoms with Crippen LogP contribution in [0.5, 0.6) is 0 Å². The summed E-state index contributed by atoms with van der Waals surface area (Å²) in [4.78, 5) is 0. The number of fused-ring (bicyclic) bond motifs is 1. The number of hydrogen-bond donors (Lipinski definition) is 2. The van der Waals surface area contributed by atoms with Crippen molar-refractivity contribution in [1.29, 1.82) is 0 Å². The van der Waals surface area contributed by atoms with Crippen LogP contribution in [0.3, 0.4) is 0 Å². The molecule has 0 spiro atoms. The van der Waals surface area contributed by atoms with E-state index in [0.29, 0.717) is 5.92 Å². The highest BCUT2D eigenvalue weighted by Crippen LogP contribution is 2.24. The van der Waals surface area contributed by atoms with Crippen molar-refractivity contribution in [2.75, 3.05) is 18.4 Å². The predicted octanol–water partition coefficient (Wildman–Crippen LogP) is 2.18. The van der Waals surface area contributed by atoms with Gasteiger partial charge in [0.15, 0.2) is 0 Å². The average molecular weight is 204 g/mol. The van der Waals surface area contributed by atoms with E-state index in [1.807, 2.05) is 0 Å². The first-order chi connectivity index (χ1) is 7.29. The van der Waals surface area contributed by atoms with Crippen molar-refractivity contribution < 1.29 is 0 Å². The number of rotatable bonds is 4. The van der Waals surface area contributed by atoms with Gasteiger partial charge in [-0.2, -0.15) is 0 Å². The lowest BCUT2D eigenvalue weighted by Crippen LogP contribution is -2.08. The molecule has 1 aliphatic rings. The molecule has 1 aliphatic heterocycles. The van der Waals surface area contributed by atoms with Gasteiger partial charge in [0.05, 0.1) is 0 Å². The molecule has 0 saturated carbocycles. The Labute approximate surface area is 91.9 Å². The maximum atomic E-state index is 5.56. The lowest BCUT2D eigenvalue weighted by molar-refractivity contribution is 0.538. The normalized spacial score (nSPS) is 15.9. The number of nitrogens with two attached hydrogens (primary N) is 1. The minimum Gasteiger partial charge on any atom is -0.384 e. The van der Waals surface area contributed by atoms with Gasteiger partial charge in [0.2, 0.25) is 0 Å². The van der Waals surface area contributed by atoms with Crippen molar-refractivity contribution in [3.63, 3.8) is 0 Å². The summed E-state index contributed by atoms with van der Waals surface area (Å²) < 4.78 is 0. The molecule has 15 heavy (non-hydrogen) atoms. The maximum Gasteiger partial charge on any atom is 0.0373 e. The van der Waals surface area contributed by atoms with E-state index in [0.717, 1.165) is 25.9 Å². The molecule has 0 fully saturated rings. The highest BCUT2D eigenvalue weighted by Gasteiger charge is 2.10. The molecule has 1 heterocycles. The number of nitrogens with one attached hydrogen (secondary N) is 1. The monoisotopic (exact) mass is 204 g/mol. The Morgan fingerprint density at radius 2 is 2.33 bits per heavy atom. The third-order valence-electron chi connectivity index (χ3n) is 3.12. The third-order valence-corrected chi connectivity index (χ3v) is 3.12. The molecule has 1 aromatic rings. The van der Waals surface area contributed by atoms with Crippen molar-refractivity contribution in [3.05, 3.63) is 29.3 Å². The van der Waals surface area contributed by atoms with Crippen molar-refractivity contribution in [2.24, 2.45) is 11.7 Å². The molecule has 82 valence electrons. The maximum absolute atomic E-state index is 5.56. The summed E-state index contributed by atoms with van der Waals surface area (Å²) in [5.41, 5.74) is 9.82. The summed E-state index contributed by atoms with van der Waals surface area (Å²) in [6, 6.07) is 6.80. The molecule has 0 aliphatic carbocycles. The fourth-order valence-electron chi connectivity index (χ4n) is 2.27. The highest BCUT2D eigenvalue weighted by molar-refractivity contribution is 5.56. The molecule has 1 aromatic carbocycles. The Hall–Kier alpha value is -1.02. The fraction of sp³-hybridized carbons (Fsp3) is 0.538. The molecule has 2 rings (SSSR count). The zero-order valence-corrected chi connectivity index (χ0v) is 9.42. The van der Waals surface area contributed by atoms with Crippen molar-refractivity contribution in [3.8, 4) is 0 Å².